The summed E-state index contributed by atoms with van der Waals surface area (Å²) >= 11 is 1.31. The highest BCUT2D eigenvalue weighted by molar-refractivity contribution is 7.99. The summed E-state index contributed by atoms with van der Waals surface area (Å²) in [5.74, 6) is 0.458. The molecular weight excluding hydrogens is 324 g/mol. The average molecular weight is 344 g/mol. The summed E-state index contributed by atoms with van der Waals surface area (Å²) in [6, 6.07) is 9.89. The highest BCUT2D eigenvalue weighted by Gasteiger charge is 2.31. The van der Waals surface area contributed by atoms with Crippen molar-refractivity contribution in [3.05, 3.63) is 46.8 Å². The second-order valence-corrected chi connectivity index (χ2v) is 6.84. The Morgan fingerprint density at radius 3 is 2.79 bits per heavy atom. The third kappa shape index (κ3) is 3.51. The van der Waals surface area contributed by atoms with Gasteiger partial charge in [-0.2, -0.15) is 0 Å². The smallest absolute Gasteiger partial charge is 0.343 e. The van der Waals surface area contributed by atoms with Crippen molar-refractivity contribution < 1.29 is 4.92 Å². The lowest BCUT2D eigenvalue weighted by Gasteiger charge is -2.35. The van der Waals surface area contributed by atoms with Gasteiger partial charge >= 0.3 is 5.69 Å². The van der Waals surface area contributed by atoms with Gasteiger partial charge in [-0.05, 0) is 37.8 Å². The first-order valence-electron chi connectivity index (χ1n) is 8.19. The fourth-order valence-electron chi connectivity index (χ4n) is 3.10. The highest BCUT2D eigenvalue weighted by Crippen LogP contribution is 2.39. The van der Waals surface area contributed by atoms with E-state index in [1.54, 1.807) is 0 Å². The van der Waals surface area contributed by atoms with E-state index in [-0.39, 0.29) is 10.6 Å². The van der Waals surface area contributed by atoms with Crippen LogP contribution in [0.3, 0.4) is 0 Å². The number of hydrogen-bond donors (Lipinski definition) is 0. The normalized spacial score (nSPS) is 17.7. The average Bonchev–Trinajstić information content (AvgIpc) is 2.62. The van der Waals surface area contributed by atoms with Gasteiger partial charge in [0.25, 0.3) is 0 Å². The number of benzene rings is 1. The maximum absolute atomic E-state index is 11.8. The van der Waals surface area contributed by atoms with Crippen LogP contribution in [-0.4, -0.2) is 27.5 Å². The Bertz CT molecular complexity index is 711. The quantitative estimate of drug-likeness (QED) is 0.457. The molecule has 126 valence electrons. The van der Waals surface area contributed by atoms with Crippen LogP contribution >= 0.6 is 11.8 Å². The molecule has 0 aliphatic carbocycles. The SMILES string of the molecule is CCC1CCCCN1c1ncnc(Sc2ccccc2)c1[N+](=O)[O-]. The molecule has 0 N–H and O–H groups in total. The second-order valence-electron chi connectivity index (χ2n) is 5.77. The zero-order chi connectivity index (χ0) is 16.9. The summed E-state index contributed by atoms with van der Waals surface area (Å²) in [6.07, 6.45) is 5.66. The second kappa shape index (κ2) is 7.61. The van der Waals surface area contributed by atoms with Crippen LogP contribution < -0.4 is 4.90 Å². The predicted molar refractivity (Wildman–Crippen MR) is 94.5 cm³/mol. The maximum Gasteiger partial charge on any atom is 0.343 e. The molecule has 1 aromatic heterocycles. The number of anilines is 1. The molecule has 1 aliphatic heterocycles. The standard InChI is InChI=1S/C17H20N4O2S/c1-2-13-8-6-7-11-20(13)16-15(21(22)23)17(19-12-18-16)24-14-9-4-3-5-10-14/h3-5,9-10,12-13H,2,6-8,11H2,1H3. The van der Waals surface area contributed by atoms with E-state index in [0.29, 0.717) is 16.9 Å². The van der Waals surface area contributed by atoms with Crippen LogP contribution in [0.5, 0.6) is 0 Å². The topological polar surface area (TPSA) is 72.2 Å². The first-order chi connectivity index (χ1) is 11.7. The zero-order valence-electron chi connectivity index (χ0n) is 13.6. The van der Waals surface area contributed by atoms with Gasteiger partial charge in [-0.1, -0.05) is 36.9 Å². The van der Waals surface area contributed by atoms with Crippen LogP contribution in [0, 0.1) is 10.1 Å². The number of piperidine rings is 1. The van der Waals surface area contributed by atoms with Crippen LogP contribution in [-0.2, 0) is 0 Å². The summed E-state index contributed by atoms with van der Waals surface area (Å²) in [5.41, 5.74) is 0.0201. The Labute approximate surface area is 145 Å². The monoisotopic (exact) mass is 344 g/mol. The third-order valence-corrected chi connectivity index (χ3v) is 5.28. The molecule has 1 aliphatic rings. The lowest BCUT2D eigenvalue weighted by molar-refractivity contribution is -0.387. The minimum absolute atomic E-state index is 0.0201. The van der Waals surface area contributed by atoms with Crippen molar-refractivity contribution >= 4 is 23.3 Å². The van der Waals surface area contributed by atoms with Gasteiger partial charge in [-0.15, -0.1) is 0 Å². The fourth-order valence-corrected chi connectivity index (χ4v) is 3.98. The Morgan fingerprint density at radius 2 is 2.08 bits per heavy atom. The molecule has 0 saturated carbocycles. The van der Waals surface area contributed by atoms with Gasteiger partial charge in [0.05, 0.1) is 4.92 Å². The largest absolute Gasteiger partial charge is 0.348 e. The molecule has 0 spiro atoms. The Morgan fingerprint density at radius 1 is 1.29 bits per heavy atom. The van der Waals surface area contributed by atoms with Crippen LogP contribution in [0.1, 0.15) is 32.6 Å². The van der Waals surface area contributed by atoms with Crippen molar-refractivity contribution in [2.45, 2.75) is 48.6 Å². The molecule has 1 fully saturated rings. The first kappa shape index (κ1) is 16.7. The fraction of sp³-hybridized carbons (Fsp3) is 0.412. The van der Waals surface area contributed by atoms with Crippen molar-refractivity contribution in [2.24, 2.45) is 0 Å². The van der Waals surface area contributed by atoms with Crippen LogP contribution in [0.25, 0.3) is 0 Å². The predicted octanol–water partition coefficient (Wildman–Crippen LogP) is 4.30. The summed E-state index contributed by atoms with van der Waals surface area (Å²) in [6.45, 7) is 2.93. The lowest BCUT2D eigenvalue weighted by atomic mass is 10.00. The zero-order valence-corrected chi connectivity index (χ0v) is 14.4. The summed E-state index contributed by atoms with van der Waals surface area (Å²) in [4.78, 5) is 22.9. The van der Waals surface area contributed by atoms with Crippen molar-refractivity contribution in [1.82, 2.24) is 9.97 Å². The van der Waals surface area contributed by atoms with Gasteiger partial charge in [0.1, 0.15) is 6.33 Å². The minimum Gasteiger partial charge on any atom is -0.348 e. The molecule has 3 rings (SSSR count). The minimum atomic E-state index is -0.345. The van der Waals surface area contributed by atoms with E-state index in [9.17, 15) is 10.1 Å². The third-order valence-electron chi connectivity index (χ3n) is 4.28. The first-order valence-corrected chi connectivity index (χ1v) is 9.01. The van der Waals surface area contributed by atoms with E-state index >= 15 is 0 Å². The number of nitro groups is 1. The Hall–Kier alpha value is -2.15. The highest BCUT2D eigenvalue weighted by atomic mass is 32.2. The number of aromatic nitrogens is 2. The van der Waals surface area contributed by atoms with E-state index in [1.165, 1.54) is 24.5 Å². The molecule has 6 nitrogen and oxygen atoms in total. The number of hydrogen-bond acceptors (Lipinski definition) is 6. The molecule has 1 atom stereocenters. The van der Waals surface area contributed by atoms with Gasteiger partial charge < -0.3 is 4.90 Å². The van der Waals surface area contributed by atoms with Crippen molar-refractivity contribution in [1.29, 1.82) is 0 Å². The summed E-state index contributed by atoms with van der Waals surface area (Å²) in [5, 5.41) is 12.2. The van der Waals surface area contributed by atoms with E-state index in [1.807, 2.05) is 30.3 Å². The molecule has 0 bridgehead atoms. The van der Waals surface area contributed by atoms with Crippen molar-refractivity contribution in [3.8, 4) is 0 Å². The van der Waals surface area contributed by atoms with E-state index in [0.717, 1.165) is 30.7 Å². The van der Waals surface area contributed by atoms with Crippen LogP contribution in [0.15, 0.2) is 46.6 Å². The number of rotatable bonds is 5. The molecule has 1 aromatic carbocycles. The Kier molecular flexibility index (Phi) is 5.30. The molecule has 0 radical (unpaired) electrons. The van der Waals surface area contributed by atoms with Gasteiger partial charge in [-0.25, -0.2) is 9.97 Å². The van der Waals surface area contributed by atoms with Crippen molar-refractivity contribution in [2.75, 3.05) is 11.4 Å². The van der Waals surface area contributed by atoms with Gasteiger partial charge in [0, 0.05) is 17.5 Å². The van der Waals surface area contributed by atoms with E-state index < -0.39 is 0 Å². The molecule has 24 heavy (non-hydrogen) atoms. The van der Waals surface area contributed by atoms with Gasteiger partial charge in [-0.3, -0.25) is 10.1 Å². The molecule has 0 amide bonds. The summed E-state index contributed by atoms with van der Waals surface area (Å²) < 4.78 is 0. The van der Waals surface area contributed by atoms with Gasteiger partial charge in [0.2, 0.25) is 5.82 Å². The number of nitrogens with zero attached hydrogens (tertiary/aromatic N) is 4. The van der Waals surface area contributed by atoms with Crippen LogP contribution in [0.2, 0.25) is 0 Å². The van der Waals surface area contributed by atoms with Crippen LogP contribution in [0.4, 0.5) is 11.5 Å². The van der Waals surface area contributed by atoms with E-state index in [4.69, 9.17) is 0 Å². The van der Waals surface area contributed by atoms with Gasteiger partial charge in [0.15, 0.2) is 5.03 Å². The molecular formula is C17H20N4O2S. The van der Waals surface area contributed by atoms with E-state index in [2.05, 4.69) is 21.8 Å². The maximum atomic E-state index is 11.8. The lowest BCUT2D eigenvalue weighted by Crippen LogP contribution is -2.40. The summed E-state index contributed by atoms with van der Waals surface area (Å²) in [7, 11) is 0. The Balaban J connectivity index is 2.00. The molecule has 2 aromatic rings. The van der Waals surface area contributed by atoms with Crippen molar-refractivity contribution in [3.63, 3.8) is 0 Å². The molecule has 1 unspecified atom stereocenters. The molecule has 2 heterocycles. The molecule has 7 heteroatoms. The molecule has 1 saturated heterocycles.